The summed E-state index contributed by atoms with van der Waals surface area (Å²) in [5.41, 5.74) is 6.79. The Morgan fingerprint density at radius 3 is 3.11 bits per heavy atom. The van der Waals surface area contributed by atoms with Crippen LogP contribution in [0.2, 0.25) is 0 Å². The van der Waals surface area contributed by atoms with E-state index in [0.29, 0.717) is 24.1 Å². The predicted molar refractivity (Wildman–Crippen MR) is 65.4 cm³/mol. The van der Waals surface area contributed by atoms with Gasteiger partial charge in [-0.05, 0) is 0 Å². The number of amides is 1. The quantitative estimate of drug-likeness (QED) is 0.681. The molecule has 3 N–H and O–H groups in total. The number of aromatic amines is 1. The summed E-state index contributed by atoms with van der Waals surface area (Å²) < 4.78 is 0. The van der Waals surface area contributed by atoms with E-state index in [-0.39, 0.29) is 23.6 Å². The number of hydrogen-bond donors (Lipinski definition) is 2. The van der Waals surface area contributed by atoms with Crippen molar-refractivity contribution in [2.75, 3.05) is 17.2 Å². The molecular formula is C11H10N6O. The first kappa shape index (κ1) is 10.5. The number of nitrogens with one attached hydrogen (secondary N) is 1. The molecule has 1 aliphatic rings. The largest absolute Gasteiger partial charge is 0.382 e. The topological polar surface area (TPSA) is 101 Å². The zero-order valence-electron chi connectivity index (χ0n) is 9.42. The van der Waals surface area contributed by atoms with Gasteiger partial charge in [0.15, 0.2) is 11.5 Å². The summed E-state index contributed by atoms with van der Waals surface area (Å²) in [5.74, 6) is 2.91. The van der Waals surface area contributed by atoms with Gasteiger partial charge in [0, 0.05) is 18.9 Å². The number of fused-ring (bicyclic) bond motifs is 1. The van der Waals surface area contributed by atoms with Crippen LogP contribution in [0.3, 0.4) is 0 Å². The average molecular weight is 242 g/mol. The van der Waals surface area contributed by atoms with Gasteiger partial charge in [-0.25, -0.2) is 4.98 Å². The minimum atomic E-state index is -0.0998. The van der Waals surface area contributed by atoms with Crippen LogP contribution in [-0.4, -0.2) is 32.4 Å². The van der Waals surface area contributed by atoms with E-state index in [9.17, 15) is 4.79 Å². The minimum Gasteiger partial charge on any atom is -0.382 e. The van der Waals surface area contributed by atoms with Crippen molar-refractivity contribution in [2.24, 2.45) is 5.92 Å². The zero-order chi connectivity index (χ0) is 12.7. The van der Waals surface area contributed by atoms with Crippen LogP contribution in [0.4, 0.5) is 11.8 Å². The Balaban J connectivity index is 2.05. The molecule has 0 spiro atoms. The van der Waals surface area contributed by atoms with Gasteiger partial charge in [-0.3, -0.25) is 9.69 Å². The summed E-state index contributed by atoms with van der Waals surface area (Å²) in [6.45, 7) is 0.421. The van der Waals surface area contributed by atoms with Gasteiger partial charge >= 0.3 is 0 Å². The second-order valence-corrected chi connectivity index (χ2v) is 4.08. The molecular weight excluding hydrogens is 232 g/mol. The first-order valence-electron chi connectivity index (χ1n) is 5.42. The van der Waals surface area contributed by atoms with Crippen molar-refractivity contribution < 1.29 is 4.79 Å². The normalized spacial score (nSPS) is 19.4. The Hall–Kier alpha value is -2.62. The van der Waals surface area contributed by atoms with Crippen LogP contribution in [0, 0.1) is 18.3 Å². The van der Waals surface area contributed by atoms with Gasteiger partial charge in [0.05, 0.1) is 6.33 Å². The molecule has 1 saturated heterocycles. The fraction of sp³-hybridized carbons (Fsp3) is 0.273. The van der Waals surface area contributed by atoms with E-state index < -0.39 is 0 Å². The molecule has 7 heteroatoms. The Morgan fingerprint density at radius 2 is 2.39 bits per heavy atom. The minimum absolute atomic E-state index is 0.0905. The Morgan fingerprint density at radius 1 is 1.56 bits per heavy atom. The molecule has 3 rings (SSSR count). The number of aromatic nitrogens is 4. The van der Waals surface area contributed by atoms with E-state index >= 15 is 0 Å². The smallest absolute Gasteiger partial charge is 0.236 e. The third-order valence-electron chi connectivity index (χ3n) is 2.90. The summed E-state index contributed by atoms with van der Waals surface area (Å²) in [5, 5.41) is 0. The fourth-order valence-electron chi connectivity index (χ4n) is 1.98. The maximum Gasteiger partial charge on any atom is 0.236 e. The zero-order valence-corrected chi connectivity index (χ0v) is 9.42. The molecule has 0 aromatic carbocycles. The number of nitrogens with two attached hydrogens (primary N) is 1. The van der Waals surface area contributed by atoms with E-state index in [0.717, 1.165) is 0 Å². The first-order valence-corrected chi connectivity index (χ1v) is 5.42. The fourth-order valence-corrected chi connectivity index (χ4v) is 1.98. The molecule has 1 atom stereocenters. The van der Waals surface area contributed by atoms with E-state index in [1.807, 2.05) is 0 Å². The Bertz CT molecular complexity index is 670. The lowest BCUT2D eigenvalue weighted by atomic mass is 10.1. The number of nitrogen functional groups attached to an aromatic ring is 1. The highest BCUT2D eigenvalue weighted by Gasteiger charge is 2.31. The van der Waals surface area contributed by atoms with E-state index in [1.165, 1.54) is 11.2 Å². The van der Waals surface area contributed by atoms with Crippen LogP contribution in [-0.2, 0) is 4.79 Å². The van der Waals surface area contributed by atoms with Crippen molar-refractivity contribution >= 4 is 28.8 Å². The molecule has 1 unspecified atom stereocenters. The lowest BCUT2D eigenvalue weighted by Crippen LogP contribution is -2.26. The van der Waals surface area contributed by atoms with Gasteiger partial charge in [-0.2, -0.15) is 9.97 Å². The summed E-state index contributed by atoms with van der Waals surface area (Å²) in [4.78, 5) is 28.4. The predicted octanol–water partition coefficient (Wildman–Crippen LogP) is -0.0788. The monoisotopic (exact) mass is 242 g/mol. The lowest BCUT2D eigenvalue weighted by Gasteiger charge is -2.13. The van der Waals surface area contributed by atoms with Gasteiger partial charge in [0.1, 0.15) is 5.52 Å². The molecule has 18 heavy (non-hydrogen) atoms. The number of hydrogen-bond acceptors (Lipinski definition) is 5. The lowest BCUT2D eigenvalue weighted by molar-refractivity contribution is -0.117. The van der Waals surface area contributed by atoms with Crippen molar-refractivity contribution in [3.8, 4) is 12.3 Å². The molecule has 2 aromatic rings. The molecule has 90 valence electrons. The van der Waals surface area contributed by atoms with Crippen LogP contribution < -0.4 is 10.6 Å². The highest BCUT2D eigenvalue weighted by Crippen LogP contribution is 2.24. The van der Waals surface area contributed by atoms with Crippen LogP contribution in [0.25, 0.3) is 11.2 Å². The molecule has 1 fully saturated rings. The number of terminal acetylenes is 1. The highest BCUT2D eigenvalue weighted by atomic mass is 16.2. The molecule has 0 saturated carbocycles. The maximum absolute atomic E-state index is 11.8. The van der Waals surface area contributed by atoms with Crippen molar-refractivity contribution in [2.45, 2.75) is 6.42 Å². The number of carbonyl (C=O) groups excluding carboxylic acids is 1. The van der Waals surface area contributed by atoms with E-state index in [2.05, 4.69) is 25.9 Å². The Labute approximate surface area is 102 Å². The third-order valence-corrected chi connectivity index (χ3v) is 2.90. The van der Waals surface area contributed by atoms with E-state index in [4.69, 9.17) is 12.2 Å². The van der Waals surface area contributed by atoms with E-state index in [1.54, 1.807) is 0 Å². The van der Waals surface area contributed by atoms with Crippen molar-refractivity contribution in [1.29, 1.82) is 0 Å². The molecule has 0 bridgehead atoms. The number of anilines is 2. The molecule has 1 amide bonds. The second kappa shape index (κ2) is 3.70. The van der Waals surface area contributed by atoms with Crippen LogP contribution >= 0.6 is 0 Å². The second-order valence-electron chi connectivity index (χ2n) is 4.08. The van der Waals surface area contributed by atoms with Crippen molar-refractivity contribution in [3.63, 3.8) is 0 Å². The molecule has 2 aromatic heterocycles. The summed E-state index contributed by atoms with van der Waals surface area (Å²) in [6.07, 6.45) is 7.13. The van der Waals surface area contributed by atoms with Gasteiger partial charge in [-0.1, -0.05) is 0 Å². The van der Waals surface area contributed by atoms with Crippen molar-refractivity contribution in [1.82, 2.24) is 19.9 Å². The van der Waals surface area contributed by atoms with Crippen LogP contribution in [0.15, 0.2) is 6.33 Å². The average Bonchev–Trinajstić information content (AvgIpc) is 2.95. The summed E-state index contributed by atoms with van der Waals surface area (Å²) in [7, 11) is 0. The van der Waals surface area contributed by atoms with Crippen LogP contribution in [0.5, 0.6) is 0 Å². The molecule has 0 radical (unpaired) electrons. The SMILES string of the molecule is C#CC1CC(=O)N(c2nc(N)c3[nH]cnc3n2)C1. The van der Waals surface area contributed by atoms with Gasteiger partial charge in [0.25, 0.3) is 0 Å². The molecule has 0 aliphatic carbocycles. The molecule has 3 heterocycles. The van der Waals surface area contributed by atoms with Crippen LogP contribution in [0.1, 0.15) is 6.42 Å². The number of H-pyrrole nitrogens is 1. The van der Waals surface area contributed by atoms with Gasteiger partial charge in [0.2, 0.25) is 11.9 Å². The maximum atomic E-state index is 11.8. The molecule has 7 nitrogen and oxygen atoms in total. The molecule has 1 aliphatic heterocycles. The standard InChI is InChI=1S/C11H10N6O/c1-2-6-3-7(18)17(4-6)11-15-9(12)8-10(16-11)14-5-13-8/h1,5-6H,3-4H2,(H3,12,13,14,15,16). The number of carbonyl (C=O) groups is 1. The third kappa shape index (κ3) is 1.47. The van der Waals surface area contributed by atoms with Gasteiger partial charge in [-0.15, -0.1) is 12.3 Å². The number of nitrogens with zero attached hydrogens (tertiary/aromatic N) is 4. The first-order chi connectivity index (χ1) is 8.69. The summed E-state index contributed by atoms with van der Waals surface area (Å²) in [6, 6.07) is 0. The van der Waals surface area contributed by atoms with Gasteiger partial charge < -0.3 is 10.7 Å². The van der Waals surface area contributed by atoms with Crippen molar-refractivity contribution in [3.05, 3.63) is 6.33 Å². The number of rotatable bonds is 1. The number of imidazole rings is 1. The Kier molecular flexibility index (Phi) is 2.16. The highest BCUT2D eigenvalue weighted by molar-refractivity contribution is 5.95. The summed E-state index contributed by atoms with van der Waals surface area (Å²) >= 11 is 0.